The third kappa shape index (κ3) is 5.96. The number of fused-ring (bicyclic) bond motifs is 7. The Balaban J connectivity index is 0.000000399. The summed E-state index contributed by atoms with van der Waals surface area (Å²) < 4.78 is 5.59. The summed E-state index contributed by atoms with van der Waals surface area (Å²) >= 11 is 0.336. The third-order valence-corrected chi connectivity index (χ3v) is 12.5. The molecule has 9 rings (SSSR count). The number of pyridine rings is 1. The Kier molecular flexibility index (Phi) is 8.63. The zero-order valence-corrected chi connectivity index (χ0v) is 31.3. The van der Waals surface area contributed by atoms with E-state index in [2.05, 4.69) is 126 Å². The summed E-state index contributed by atoms with van der Waals surface area (Å²) in [6.45, 7) is 2.85. The molecular formula is C40H27IrN2O2Se2-. The van der Waals surface area contributed by atoms with E-state index in [9.17, 15) is 4.79 Å². The number of benzene rings is 6. The molecule has 1 N–H and O–H groups in total. The predicted molar refractivity (Wildman–Crippen MR) is 193 cm³/mol. The fourth-order valence-corrected chi connectivity index (χ4v) is 11.1. The molecule has 0 atom stereocenters. The summed E-state index contributed by atoms with van der Waals surface area (Å²) in [5.41, 5.74) is 7.12. The van der Waals surface area contributed by atoms with E-state index in [1.54, 1.807) is 0 Å². The molecule has 6 aromatic carbocycles. The van der Waals surface area contributed by atoms with Gasteiger partial charge in [0.2, 0.25) is 0 Å². The molecule has 2 aliphatic heterocycles. The molecule has 231 valence electrons. The van der Waals surface area contributed by atoms with Crippen molar-refractivity contribution in [3.05, 3.63) is 133 Å². The molecule has 2 aliphatic rings. The van der Waals surface area contributed by atoms with Crippen molar-refractivity contribution in [2.24, 2.45) is 0 Å². The standard InChI is InChI=1S/C35H19N2Se2.C5H8O2.Ir/c1-3-10-24-17-31-29(15-22(24)8-1)37-30-16-23-9-2-4-11-25(23)18-32(30)39-34-20-26(19-33(38-31)35(34)37)28-14-13-21-7-5-6-12-27(21)36-28;1-4(6)3-5(2)7;/h1-19H;3,6H,1-2H3;/q-1;;/b;4-3-;. The average molecular weight is 918 g/mol. The van der Waals surface area contributed by atoms with Crippen LogP contribution in [0.25, 0.3) is 43.7 Å². The van der Waals surface area contributed by atoms with E-state index in [-0.39, 0.29) is 61.6 Å². The molecule has 0 aliphatic carbocycles. The molecule has 0 amide bonds. The number of nitrogens with zero attached hydrogens (tertiary/aromatic N) is 2. The van der Waals surface area contributed by atoms with Gasteiger partial charge < -0.3 is 5.11 Å². The van der Waals surface area contributed by atoms with Gasteiger partial charge in [0.25, 0.3) is 0 Å². The number of hydrogen-bond donors (Lipinski definition) is 1. The van der Waals surface area contributed by atoms with E-state index >= 15 is 0 Å². The number of hydrogen-bond acceptors (Lipinski definition) is 4. The topological polar surface area (TPSA) is 53.4 Å². The van der Waals surface area contributed by atoms with E-state index in [0.717, 1.165) is 16.8 Å². The molecular weight excluding hydrogens is 891 g/mol. The Labute approximate surface area is 299 Å². The molecule has 4 nitrogen and oxygen atoms in total. The van der Waals surface area contributed by atoms with Crippen molar-refractivity contribution in [2.45, 2.75) is 13.8 Å². The van der Waals surface area contributed by atoms with Crippen molar-refractivity contribution >= 4 is 103 Å². The van der Waals surface area contributed by atoms with Crippen molar-refractivity contribution in [1.82, 2.24) is 4.98 Å². The number of aliphatic hydroxyl groups excluding tert-OH is 1. The van der Waals surface area contributed by atoms with Gasteiger partial charge in [0.05, 0.1) is 5.76 Å². The molecule has 47 heavy (non-hydrogen) atoms. The summed E-state index contributed by atoms with van der Waals surface area (Å²) in [5, 5.41) is 14.7. The van der Waals surface area contributed by atoms with E-state index in [1.165, 1.54) is 81.8 Å². The molecule has 7 aromatic rings. The number of aliphatic hydroxyl groups is 1. The number of ketones is 1. The van der Waals surface area contributed by atoms with Crippen molar-refractivity contribution in [2.75, 3.05) is 4.90 Å². The van der Waals surface area contributed by atoms with Crippen LogP contribution >= 0.6 is 0 Å². The molecule has 7 heteroatoms. The van der Waals surface area contributed by atoms with Crippen LogP contribution in [-0.2, 0) is 24.9 Å². The second kappa shape index (κ2) is 12.9. The van der Waals surface area contributed by atoms with Crippen LogP contribution in [0.15, 0.2) is 127 Å². The van der Waals surface area contributed by atoms with Crippen LogP contribution in [0.5, 0.6) is 0 Å². The van der Waals surface area contributed by atoms with Gasteiger partial charge in [-0.3, -0.25) is 4.79 Å². The molecule has 0 fully saturated rings. The summed E-state index contributed by atoms with van der Waals surface area (Å²) in [5.74, 6) is -0.0625. The zero-order chi connectivity index (χ0) is 31.4. The van der Waals surface area contributed by atoms with E-state index in [0.29, 0.717) is 0 Å². The van der Waals surface area contributed by atoms with Crippen LogP contribution < -0.4 is 22.7 Å². The number of para-hydroxylation sites is 1. The first kappa shape index (κ1) is 31.5. The zero-order valence-electron chi connectivity index (χ0n) is 25.4. The Bertz CT molecular complexity index is 2290. The predicted octanol–water partition coefficient (Wildman–Crippen LogP) is 6.45. The second-order valence-electron chi connectivity index (χ2n) is 11.4. The van der Waals surface area contributed by atoms with Gasteiger partial charge in [-0.2, -0.15) is 0 Å². The van der Waals surface area contributed by atoms with Crippen LogP contribution in [0.1, 0.15) is 13.8 Å². The number of rotatable bonds is 2. The average Bonchev–Trinajstić information content (AvgIpc) is 3.05. The number of aromatic nitrogens is 1. The monoisotopic (exact) mass is 920 g/mol. The Morgan fingerprint density at radius 1 is 0.702 bits per heavy atom. The molecule has 1 aromatic heterocycles. The fourth-order valence-electron chi connectivity index (χ4n) is 6.07. The van der Waals surface area contributed by atoms with Crippen molar-refractivity contribution in [1.29, 1.82) is 0 Å². The molecule has 0 unspecified atom stereocenters. The van der Waals surface area contributed by atoms with Gasteiger partial charge in [0.1, 0.15) is 0 Å². The molecule has 0 bridgehead atoms. The SMILES string of the molecule is CC(=O)/C=C(/C)O.[Ir].[c-]1c(-c2ccc3ccccc3n2)cc2c3c1[Se]c1cc4ccccc4cc1N3c1cc3ccccc3cc1[Se]2. The normalized spacial score (nSPS) is 12.8. The van der Waals surface area contributed by atoms with Gasteiger partial charge in [0.15, 0.2) is 5.78 Å². The van der Waals surface area contributed by atoms with E-state index in [1.807, 2.05) is 0 Å². The van der Waals surface area contributed by atoms with Crippen molar-refractivity contribution in [3.8, 4) is 11.3 Å². The van der Waals surface area contributed by atoms with Gasteiger partial charge in [-0.15, -0.1) is 0 Å². The quantitative estimate of drug-likeness (QED) is 0.0939. The number of carbonyl (C=O) groups is 1. The number of carbonyl (C=O) groups excluding carboxylic acids is 1. The van der Waals surface area contributed by atoms with Crippen LogP contribution in [0, 0.1) is 6.07 Å². The summed E-state index contributed by atoms with van der Waals surface area (Å²) in [6.07, 6.45) is 1.17. The number of allylic oxidation sites excluding steroid dienone is 2. The van der Waals surface area contributed by atoms with Gasteiger partial charge >= 0.3 is 240 Å². The molecule has 0 spiro atoms. The Hall–Kier alpha value is -4.05. The van der Waals surface area contributed by atoms with E-state index < -0.39 is 0 Å². The maximum atomic E-state index is 10.0. The maximum absolute atomic E-state index is 10.0. The first-order valence-electron chi connectivity index (χ1n) is 15.0. The van der Waals surface area contributed by atoms with Crippen LogP contribution in [0.3, 0.4) is 0 Å². The van der Waals surface area contributed by atoms with Crippen LogP contribution in [0.4, 0.5) is 17.1 Å². The summed E-state index contributed by atoms with van der Waals surface area (Å²) in [6, 6.07) is 46.0. The Morgan fingerprint density at radius 3 is 1.83 bits per heavy atom. The Morgan fingerprint density at radius 2 is 1.26 bits per heavy atom. The molecule has 1 radical (unpaired) electrons. The van der Waals surface area contributed by atoms with Crippen molar-refractivity contribution in [3.63, 3.8) is 0 Å². The summed E-state index contributed by atoms with van der Waals surface area (Å²) in [7, 11) is 0. The fraction of sp³-hybridized carbons (Fsp3) is 0.0500. The number of anilines is 3. The van der Waals surface area contributed by atoms with Gasteiger partial charge in [-0.1, -0.05) is 0 Å². The molecule has 0 saturated heterocycles. The van der Waals surface area contributed by atoms with Crippen LogP contribution in [-0.4, -0.2) is 45.8 Å². The summed E-state index contributed by atoms with van der Waals surface area (Å²) in [4.78, 5) is 17.6. The minimum absolute atomic E-state index is 0. The first-order chi connectivity index (χ1) is 22.4. The van der Waals surface area contributed by atoms with Crippen molar-refractivity contribution < 1.29 is 30.0 Å². The van der Waals surface area contributed by atoms with E-state index in [4.69, 9.17) is 10.1 Å². The van der Waals surface area contributed by atoms with Gasteiger partial charge in [-0.25, -0.2) is 0 Å². The minimum atomic E-state index is -0.125. The first-order valence-corrected chi connectivity index (χ1v) is 18.4. The van der Waals surface area contributed by atoms with Gasteiger partial charge in [0, 0.05) is 26.2 Å². The van der Waals surface area contributed by atoms with Crippen LogP contribution in [0.2, 0.25) is 0 Å². The molecule has 3 heterocycles. The third-order valence-electron chi connectivity index (χ3n) is 8.05. The second-order valence-corrected chi connectivity index (χ2v) is 15.9. The molecule has 0 saturated carbocycles. The van der Waals surface area contributed by atoms with Gasteiger partial charge in [-0.05, 0) is 13.8 Å².